The average molecular weight is 255 g/mol. The summed E-state index contributed by atoms with van der Waals surface area (Å²) in [4.78, 5) is 8.92. The Morgan fingerprint density at radius 1 is 1.26 bits per heavy atom. The molecule has 1 aliphatic rings. The van der Waals surface area contributed by atoms with Gasteiger partial charge in [0.1, 0.15) is 12.4 Å². The number of nitrogens with one attached hydrogen (secondary N) is 1. The van der Waals surface area contributed by atoms with Crippen LogP contribution in [-0.2, 0) is 19.6 Å². The number of aromatic nitrogens is 2. The van der Waals surface area contributed by atoms with Crippen molar-refractivity contribution in [2.24, 2.45) is 0 Å². The standard InChI is InChI=1S/C15H17N3O/c1-11-2-4-13(5-3-11)19-10-15-17-9-12-8-16-7-6-14(12)18-15/h2-5,9,16H,6-8,10H2,1H3. The zero-order chi connectivity index (χ0) is 13.1. The monoisotopic (exact) mass is 255 g/mol. The first-order valence-electron chi connectivity index (χ1n) is 6.55. The van der Waals surface area contributed by atoms with E-state index in [1.807, 2.05) is 30.5 Å². The van der Waals surface area contributed by atoms with Gasteiger partial charge in [-0.1, -0.05) is 17.7 Å². The summed E-state index contributed by atoms with van der Waals surface area (Å²) in [6.45, 7) is 4.34. The number of benzene rings is 1. The number of hydrogen-bond donors (Lipinski definition) is 1. The molecule has 1 aromatic heterocycles. The van der Waals surface area contributed by atoms with Crippen LogP contribution in [0.25, 0.3) is 0 Å². The van der Waals surface area contributed by atoms with Crippen molar-refractivity contribution in [2.75, 3.05) is 6.54 Å². The molecule has 1 aliphatic heterocycles. The molecule has 0 saturated carbocycles. The van der Waals surface area contributed by atoms with Crippen LogP contribution in [0.15, 0.2) is 30.5 Å². The van der Waals surface area contributed by atoms with Crippen molar-refractivity contribution in [1.29, 1.82) is 0 Å². The maximum Gasteiger partial charge on any atom is 0.166 e. The van der Waals surface area contributed by atoms with Crippen molar-refractivity contribution in [3.05, 3.63) is 53.1 Å². The molecule has 2 heterocycles. The number of aryl methyl sites for hydroxylation is 1. The molecule has 0 spiro atoms. The lowest BCUT2D eigenvalue weighted by Crippen LogP contribution is -2.25. The summed E-state index contributed by atoms with van der Waals surface area (Å²) < 4.78 is 5.70. The molecular weight excluding hydrogens is 238 g/mol. The van der Waals surface area contributed by atoms with Gasteiger partial charge in [-0.15, -0.1) is 0 Å². The van der Waals surface area contributed by atoms with Gasteiger partial charge in [-0.2, -0.15) is 0 Å². The van der Waals surface area contributed by atoms with Gasteiger partial charge in [0, 0.05) is 37.0 Å². The molecule has 4 nitrogen and oxygen atoms in total. The maximum absolute atomic E-state index is 5.70. The molecule has 0 amide bonds. The van der Waals surface area contributed by atoms with E-state index < -0.39 is 0 Å². The Morgan fingerprint density at radius 3 is 2.95 bits per heavy atom. The Balaban J connectivity index is 1.68. The van der Waals surface area contributed by atoms with Crippen LogP contribution in [0.2, 0.25) is 0 Å². The second-order valence-electron chi connectivity index (χ2n) is 4.79. The SMILES string of the molecule is Cc1ccc(OCc2ncc3c(n2)CCNC3)cc1. The minimum absolute atomic E-state index is 0.420. The van der Waals surface area contributed by atoms with Gasteiger partial charge in [-0.3, -0.25) is 0 Å². The minimum Gasteiger partial charge on any atom is -0.486 e. The Kier molecular flexibility index (Phi) is 3.42. The third-order valence-electron chi connectivity index (χ3n) is 3.25. The predicted octanol–water partition coefficient (Wildman–Crippen LogP) is 2.01. The lowest BCUT2D eigenvalue weighted by atomic mass is 10.1. The summed E-state index contributed by atoms with van der Waals surface area (Å²) in [5.41, 5.74) is 3.58. The van der Waals surface area contributed by atoms with Gasteiger partial charge in [-0.05, 0) is 19.1 Å². The molecular formula is C15H17N3O. The predicted molar refractivity (Wildman–Crippen MR) is 73.0 cm³/mol. The lowest BCUT2D eigenvalue weighted by molar-refractivity contribution is 0.295. The van der Waals surface area contributed by atoms with Gasteiger partial charge in [0.15, 0.2) is 5.82 Å². The third-order valence-corrected chi connectivity index (χ3v) is 3.25. The van der Waals surface area contributed by atoms with Crippen LogP contribution in [0, 0.1) is 6.92 Å². The fraction of sp³-hybridized carbons (Fsp3) is 0.333. The van der Waals surface area contributed by atoms with E-state index in [4.69, 9.17) is 4.74 Å². The molecule has 2 aromatic rings. The fourth-order valence-electron chi connectivity index (χ4n) is 2.13. The van der Waals surface area contributed by atoms with Crippen LogP contribution >= 0.6 is 0 Å². The Hall–Kier alpha value is -1.94. The number of ether oxygens (including phenoxy) is 1. The number of fused-ring (bicyclic) bond motifs is 1. The van der Waals surface area contributed by atoms with Crippen molar-refractivity contribution >= 4 is 0 Å². The first-order chi connectivity index (χ1) is 9.31. The van der Waals surface area contributed by atoms with Crippen molar-refractivity contribution in [3.63, 3.8) is 0 Å². The number of nitrogens with zero attached hydrogens (tertiary/aromatic N) is 2. The van der Waals surface area contributed by atoms with Gasteiger partial charge < -0.3 is 10.1 Å². The second kappa shape index (κ2) is 5.36. The van der Waals surface area contributed by atoms with Crippen molar-refractivity contribution in [3.8, 4) is 5.75 Å². The van der Waals surface area contributed by atoms with E-state index in [2.05, 4.69) is 22.2 Å². The maximum atomic E-state index is 5.70. The highest BCUT2D eigenvalue weighted by atomic mass is 16.5. The first kappa shape index (κ1) is 12.1. The molecule has 0 bridgehead atoms. The topological polar surface area (TPSA) is 47.0 Å². The van der Waals surface area contributed by atoms with Gasteiger partial charge in [-0.25, -0.2) is 9.97 Å². The van der Waals surface area contributed by atoms with Crippen molar-refractivity contribution in [2.45, 2.75) is 26.5 Å². The molecule has 3 rings (SSSR count). The molecule has 19 heavy (non-hydrogen) atoms. The van der Waals surface area contributed by atoms with Crippen LogP contribution in [0.5, 0.6) is 5.75 Å². The molecule has 1 N–H and O–H groups in total. The average Bonchev–Trinajstić information content (AvgIpc) is 2.46. The van der Waals surface area contributed by atoms with Crippen molar-refractivity contribution < 1.29 is 4.74 Å². The van der Waals surface area contributed by atoms with Crippen LogP contribution < -0.4 is 10.1 Å². The van der Waals surface area contributed by atoms with Crippen molar-refractivity contribution in [1.82, 2.24) is 15.3 Å². The third kappa shape index (κ3) is 2.90. The fourth-order valence-corrected chi connectivity index (χ4v) is 2.13. The van der Waals surface area contributed by atoms with Crippen LogP contribution in [0.4, 0.5) is 0 Å². The first-order valence-corrected chi connectivity index (χ1v) is 6.55. The second-order valence-corrected chi connectivity index (χ2v) is 4.79. The Bertz CT molecular complexity index is 566. The van der Waals surface area contributed by atoms with E-state index in [-0.39, 0.29) is 0 Å². The number of hydrogen-bond acceptors (Lipinski definition) is 4. The van der Waals surface area contributed by atoms with Crippen LogP contribution in [0.1, 0.15) is 22.6 Å². The highest BCUT2D eigenvalue weighted by Gasteiger charge is 2.11. The zero-order valence-electron chi connectivity index (χ0n) is 11.0. The highest BCUT2D eigenvalue weighted by Crippen LogP contribution is 2.14. The van der Waals surface area contributed by atoms with Gasteiger partial charge in [0.25, 0.3) is 0 Å². The van der Waals surface area contributed by atoms with Gasteiger partial charge >= 0.3 is 0 Å². The molecule has 0 radical (unpaired) electrons. The molecule has 1 aromatic carbocycles. The van der Waals surface area contributed by atoms with Gasteiger partial charge in [0.05, 0.1) is 0 Å². The molecule has 0 fully saturated rings. The lowest BCUT2D eigenvalue weighted by Gasteiger charge is -2.16. The molecule has 0 saturated heterocycles. The van der Waals surface area contributed by atoms with E-state index >= 15 is 0 Å². The van der Waals surface area contributed by atoms with E-state index in [9.17, 15) is 0 Å². The molecule has 0 atom stereocenters. The minimum atomic E-state index is 0.420. The van der Waals surface area contributed by atoms with Gasteiger partial charge in [0.2, 0.25) is 0 Å². The molecule has 4 heteroatoms. The van der Waals surface area contributed by atoms with E-state index in [0.29, 0.717) is 6.61 Å². The Labute approximate surface area is 112 Å². The van der Waals surface area contributed by atoms with E-state index in [1.165, 1.54) is 11.1 Å². The quantitative estimate of drug-likeness (QED) is 0.911. The summed E-state index contributed by atoms with van der Waals surface area (Å²) in [5, 5.41) is 3.31. The normalized spacial score (nSPS) is 13.9. The molecule has 98 valence electrons. The summed E-state index contributed by atoms with van der Waals surface area (Å²) in [6, 6.07) is 8.01. The zero-order valence-corrected chi connectivity index (χ0v) is 11.0. The smallest absolute Gasteiger partial charge is 0.166 e. The van der Waals surface area contributed by atoms with E-state index in [1.54, 1.807) is 0 Å². The molecule has 0 aliphatic carbocycles. The summed E-state index contributed by atoms with van der Waals surface area (Å²) in [7, 11) is 0. The number of rotatable bonds is 3. The molecule has 0 unspecified atom stereocenters. The van der Waals surface area contributed by atoms with Crippen LogP contribution in [0.3, 0.4) is 0 Å². The Morgan fingerprint density at radius 2 is 2.11 bits per heavy atom. The van der Waals surface area contributed by atoms with E-state index in [0.717, 1.165) is 36.8 Å². The van der Waals surface area contributed by atoms with Crippen LogP contribution in [-0.4, -0.2) is 16.5 Å². The largest absolute Gasteiger partial charge is 0.486 e. The summed E-state index contributed by atoms with van der Waals surface area (Å²) >= 11 is 0. The summed E-state index contributed by atoms with van der Waals surface area (Å²) in [6.07, 6.45) is 2.87. The highest BCUT2D eigenvalue weighted by molar-refractivity contribution is 5.26. The summed E-state index contributed by atoms with van der Waals surface area (Å²) in [5.74, 6) is 1.61.